The number of hydrogen-bond acceptors (Lipinski definition) is 9. The number of sulfonamides is 1. The molecule has 0 bridgehead atoms. The first-order valence-electron chi connectivity index (χ1n) is 11.7. The summed E-state index contributed by atoms with van der Waals surface area (Å²) in [6, 6.07) is 8.32. The Morgan fingerprint density at radius 1 is 1.21 bits per heavy atom. The molecule has 0 atom stereocenters. The van der Waals surface area contributed by atoms with Crippen LogP contribution >= 0.6 is 11.6 Å². The van der Waals surface area contributed by atoms with Gasteiger partial charge in [-0.3, -0.25) is 14.4 Å². The number of nitrogens with zero attached hydrogens (tertiary/aromatic N) is 3. The topological polar surface area (TPSA) is 159 Å². The van der Waals surface area contributed by atoms with E-state index < -0.39 is 38.8 Å². The number of carbonyl (C=O) groups excluding carboxylic acids is 2. The molecular weight excluding hydrogens is 538 g/mol. The van der Waals surface area contributed by atoms with Crippen LogP contribution in [-0.2, 0) is 33.1 Å². The molecule has 12 nitrogen and oxygen atoms in total. The molecule has 1 aromatic carbocycles. The monoisotopic (exact) mass is 563 g/mol. The summed E-state index contributed by atoms with van der Waals surface area (Å²) < 4.78 is 38.3. The zero-order valence-electron chi connectivity index (χ0n) is 20.7. The molecule has 1 saturated carbocycles. The minimum Gasteiger partial charge on any atom is -0.473 e. The molecule has 38 heavy (non-hydrogen) atoms. The van der Waals surface area contributed by atoms with Crippen molar-refractivity contribution in [3.63, 3.8) is 0 Å². The van der Waals surface area contributed by atoms with Crippen molar-refractivity contribution in [2.24, 2.45) is 7.05 Å². The predicted octanol–water partition coefficient (Wildman–Crippen LogP) is 1.31. The third-order valence-electron chi connectivity index (χ3n) is 6.16. The van der Waals surface area contributed by atoms with E-state index in [9.17, 15) is 22.8 Å². The quantitative estimate of drug-likeness (QED) is 0.328. The smallest absolute Gasteiger partial charge is 0.320 e. The van der Waals surface area contributed by atoms with E-state index >= 15 is 0 Å². The minimum atomic E-state index is -3.91. The maximum atomic E-state index is 13.0. The van der Waals surface area contributed by atoms with Crippen LogP contribution in [0, 0.1) is 0 Å². The molecule has 0 saturated heterocycles. The second-order valence-electron chi connectivity index (χ2n) is 8.79. The summed E-state index contributed by atoms with van der Waals surface area (Å²) in [5.41, 5.74) is 0.376. The summed E-state index contributed by atoms with van der Waals surface area (Å²) in [5.74, 6) is -1.31. The van der Waals surface area contributed by atoms with E-state index in [-0.39, 0.29) is 36.7 Å². The zero-order valence-corrected chi connectivity index (χ0v) is 22.3. The molecule has 3 aromatic rings. The molecule has 1 fully saturated rings. The number of carbonyl (C=O) groups is 2. The van der Waals surface area contributed by atoms with Crippen LogP contribution in [0.2, 0.25) is 5.02 Å². The second-order valence-corrected chi connectivity index (χ2v) is 11.4. The highest BCUT2D eigenvalue weighted by molar-refractivity contribution is 7.91. The Bertz CT molecular complexity index is 1540. The molecule has 2 N–H and O–H groups in total. The highest BCUT2D eigenvalue weighted by atomic mass is 35.5. The van der Waals surface area contributed by atoms with Crippen molar-refractivity contribution in [3.8, 4) is 5.88 Å². The van der Waals surface area contributed by atoms with E-state index in [1.807, 2.05) is 0 Å². The van der Waals surface area contributed by atoms with Crippen LogP contribution < -0.4 is 20.3 Å². The zero-order chi connectivity index (χ0) is 27.5. The van der Waals surface area contributed by atoms with Gasteiger partial charge in [0.05, 0.1) is 12.8 Å². The Labute approximate surface area is 223 Å². The van der Waals surface area contributed by atoms with Crippen molar-refractivity contribution in [2.45, 2.75) is 31.1 Å². The van der Waals surface area contributed by atoms with Crippen LogP contribution in [0.1, 0.15) is 35.7 Å². The SMILES string of the molecule is CCOC(=O)CNS(=O)(=O)C1(COc2nncc3cc(C(=O)NCc4ccc(Cl)cc4)c(=O)n(C)c23)CC1. The highest BCUT2D eigenvalue weighted by Crippen LogP contribution is 2.43. The molecule has 1 aliphatic carbocycles. The van der Waals surface area contributed by atoms with Gasteiger partial charge in [0.25, 0.3) is 17.3 Å². The molecule has 2 heterocycles. The van der Waals surface area contributed by atoms with Crippen molar-refractivity contribution < 1.29 is 27.5 Å². The molecule has 202 valence electrons. The first-order chi connectivity index (χ1) is 18.1. The van der Waals surface area contributed by atoms with Crippen LogP contribution in [0.3, 0.4) is 0 Å². The summed E-state index contributed by atoms with van der Waals surface area (Å²) in [6.45, 7) is 1.21. The lowest BCUT2D eigenvalue weighted by Gasteiger charge is -2.18. The van der Waals surface area contributed by atoms with Gasteiger partial charge in [-0.05, 0) is 43.5 Å². The van der Waals surface area contributed by atoms with Crippen LogP contribution in [-0.4, -0.2) is 59.6 Å². The Kier molecular flexibility index (Phi) is 7.99. The standard InChI is InChI=1S/C24H26ClN5O7S/c1-3-36-19(31)13-28-38(34,35)24(8-9-24)14-37-22-20-16(12-27-29-22)10-18(23(33)30(20)2)21(32)26-11-15-4-6-17(25)7-5-15/h4-7,10,12,28H,3,8-9,11,13-14H2,1-2H3,(H,26,32). The van der Waals surface area contributed by atoms with Gasteiger partial charge in [-0.15, -0.1) is 5.10 Å². The number of benzene rings is 1. The van der Waals surface area contributed by atoms with Gasteiger partial charge in [0, 0.05) is 24.0 Å². The van der Waals surface area contributed by atoms with E-state index in [0.29, 0.717) is 23.3 Å². The van der Waals surface area contributed by atoms with E-state index in [1.54, 1.807) is 31.2 Å². The van der Waals surface area contributed by atoms with Crippen molar-refractivity contribution in [2.75, 3.05) is 19.8 Å². The lowest BCUT2D eigenvalue weighted by atomic mass is 10.1. The number of aromatic nitrogens is 3. The Morgan fingerprint density at radius 2 is 1.92 bits per heavy atom. The van der Waals surface area contributed by atoms with Crippen molar-refractivity contribution in [1.29, 1.82) is 0 Å². The lowest BCUT2D eigenvalue weighted by Crippen LogP contribution is -2.42. The number of nitrogens with one attached hydrogen (secondary N) is 2. The maximum absolute atomic E-state index is 13.0. The van der Waals surface area contributed by atoms with Gasteiger partial charge in [0.2, 0.25) is 10.0 Å². The van der Waals surface area contributed by atoms with Crippen LogP contribution in [0.25, 0.3) is 10.9 Å². The lowest BCUT2D eigenvalue weighted by molar-refractivity contribution is -0.141. The number of amides is 1. The van der Waals surface area contributed by atoms with Gasteiger partial charge in [-0.1, -0.05) is 23.7 Å². The second kappa shape index (κ2) is 11.1. The van der Waals surface area contributed by atoms with Gasteiger partial charge < -0.3 is 19.4 Å². The van der Waals surface area contributed by atoms with Crippen LogP contribution in [0.5, 0.6) is 5.88 Å². The largest absolute Gasteiger partial charge is 0.473 e. The van der Waals surface area contributed by atoms with Crippen LogP contribution in [0.4, 0.5) is 0 Å². The fourth-order valence-corrected chi connectivity index (χ4v) is 5.40. The van der Waals surface area contributed by atoms with E-state index in [4.69, 9.17) is 21.1 Å². The number of rotatable bonds is 11. The molecule has 4 rings (SSSR count). The van der Waals surface area contributed by atoms with E-state index in [2.05, 4.69) is 20.2 Å². The van der Waals surface area contributed by atoms with Gasteiger partial charge in [0.15, 0.2) is 0 Å². The molecule has 14 heteroatoms. The maximum Gasteiger partial charge on any atom is 0.320 e. The molecule has 1 amide bonds. The van der Waals surface area contributed by atoms with Crippen molar-refractivity contribution in [1.82, 2.24) is 24.8 Å². The number of ether oxygens (including phenoxy) is 2. The first kappa shape index (κ1) is 27.5. The third kappa shape index (κ3) is 5.79. The molecule has 0 aliphatic heterocycles. The minimum absolute atomic E-state index is 0.0536. The number of aryl methyl sites for hydroxylation is 1. The number of pyridine rings is 1. The highest BCUT2D eigenvalue weighted by Gasteiger charge is 2.55. The van der Waals surface area contributed by atoms with Gasteiger partial charge >= 0.3 is 5.97 Å². The van der Waals surface area contributed by atoms with Crippen molar-refractivity contribution in [3.05, 3.63) is 63.0 Å². The first-order valence-corrected chi connectivity index (χ1v) is 13.6. The average Bonchev–Trinajstić information content (AvgIpc) is 3.70. The fourth-order valence-electron chi connectivity index (χ4n) is 3.81. The van der Waals surface area contributed by atoms with Gasteiger partial charge in [-0.2, -0.15) is 5.10 Å². The molecular formula is C24H26ClN5O7S. The molecule has 0 spiro atoms. The summed E-state index contributed by atoms with van der Waals surface area (Å²) in [4.78, 5) is 37.4. The Morgan fingerprint density at radius 3 is 2.58 bits per heavy atom. The number of esters is 1. The fraction of sp³-hybridized carbons (Fsp3) is 0.375. The summed E-state index contributed by atoms with van der Waals surface area (Å²) in [6.07, 6.45) is 2.02. The number of halogens is 1. The number of hydrogen-bond donors (Lipinski definition) is 2. The number of fused-ring (bicyclic) bond motifs is 1. The van der Waals surface area contributed by atoms with Crippen molar-refractivity contribution >= 4 is 44.4 Å². The molecule has 0 unspecified atom stereocenters. The van der Waals surface area contributed by atoms with Gasteiger partial charge in [0.1, 0.15) is 29.0 Å². The summed E-state index contributed by atoms with van der Waals surface area (Å²) in [5, 5.41) is 11.5. The Balaban J connectivity index is 1.51. The van der Waals surface area contributed by atoms with E-state index in [1.165, 1.54) is 23.9 Å². The third-order valence-corrected chi connectivity index (χ3v) is 8.61. The summed E-state index contributed by atoms with van der Waals surface area (Å²) in [7, 11) is -2.45. The normalized spacial score (nSPS) is 14.2. The predicted molar refractivity (Wildman–Crippen MR) is 138 cm³/mol. The van der Waals surface area contributed by atoms with Crippen LogP contribution in [0.15, 0.2) is 41.3 Å². The summed E-state index contributed by atoms with van der Waals surface area (Å²) >= 11 is 5.88. The molecule has 1 aliphatic rings. The average molecular weight is 564 g/mol. The molecule has 0 radical (unpaired) electrons. The molecule has 2 aromatic heterocycles. The van der Waals surface area contributed by atoms with E-state index in [0.717, 1.165) is 5.56 Å². The Hall–Kier alpha value is -3.55. The van der Waals surface area contributed by atoms with Gasteiger partial charge in [-0.25, -0.2) is 13.1 Å².